The van der Waals surface area contributed by atoms with E-state index in [0.29, 0.717) is 9.80 Å². The van der Waals surface area contributed by atoms with E-state index in [2.05, 4.69) is 15.3 Å². The summed E-state index contributed by atoms with van der Waals surface area (Å²) in [6.45, 7) is 1.98. The van der Waals surface area contributed by atoms with E-state index in [1.165, 1.54) is 0 Å². The van der Waals surface area contributed by atoms with E-state index in [9.17, 15) is 0 Å². The molecule has 4 nitrogen and oxygen atoms in total. The highest BCUT2D eigenvalue weighted by molar-refractivity contribution is 7.71. The van der Waals surface area contributed by atoms with Gasteiger partial charge in [0.25, 0.3) is 0 Å². The molecule has 0 fully saturated rings. The van der Waals surface area contributed by atoms with Gasteiger partial charge in [-0.1, -0.05) is 48.9 Å². The van der Waals surface area contributed by atoms with Crippen LogP contribution < -0.4 is 0 Å². The summed E-state index contributed by atoms with van der Waals surface area (Å²) < 4.78 is 2.02. The first-order chi connectivity index (χ1) is 9.20. The van der Waals surface area contributed by atoms with Crippen LogP contribution in [0.4, 0.5) is 0 Å². The molecule has 1 aromatic carbocycles. The summed E-state index contributed by atoms with van der Waals surface area (Å²) >= 11 is 11.2. The van der Waals surface area contributed by atoms with Gasteiger partial charge < -0.3 is 0 Å². The lowest BCUT2D eigenvalue weighted by Crippen LogP contribution is -1.96. The van der Waals surface area contributed by atoms with E-state index in [1.54, 1.807) is 10.9 Å². The molecule has 0 saturated heterocycles. The van der Waals surface area contributed by atoms with Gasteiger partial charge in [0.1, 0.15) is 0 Å². The molecule has 0 atom stereocenters. The molecule has 6 heteroatoms. The molecule has 1 N–H and O–H groups in total. The van der Waals surface area contributed by atoms with Crippen LogP contribution in [0.3, 0.4) is 0 Å². The average Bonchev–Trinajstić information content (AvgIpc) is 2.78. The van der Waals surface area contributed by atoms with Gasteiger partial charge in [0.15, 0.2) is 5.82 Å². The van der Waals surface area contributed by atoms with Crippen molar-refractivity contribution in [2.24, 2.45) is 5.10 Å². The summed E-state index contributed by atoms with van der Waals surface area (Å²) in [6, 6.07) is 9.80. The number of H-pyrrole nitrogens is 1. The molecule has 0 aliphatic carbocycles. The fourth-order valence-corrected chi connectivity index (χ4v) is 1.90. The summed E-state index contributed by atoms with van der Waals surface area (Å²) in [4.78, 5) is 0. The quantitative estimate of drug-likeness (QED) is 0.691. The molecule has 0 spiro atoms. The third-order valence-electron chi connectivity index (χ3n) is 2.43. The van der Waals surface area contributed by atoms with E-state index in [4.69, 9.17) is 23.8 Å². The first kappa shape index (κ1) is 13.7. The number of benzene rings is 1. The van der Waals surface area contributed by atoms with Crippen molar-refractivity contribution in [2.75, 3.05) is 0 Å². The minimum atomic E-state index is 0.456. The monoisotopic (exact) mass is 292 g/mol. The number of nitrogens with zero attached hydrogens (tertiary/aromatic N) is 3. The largest absolute Gasteiger partial charge is 0.250 e. The van der Waals surface area contributed by atoms with Crippen LogP contribution in [0.1, 0.15) is 18.3 Å². The molecular weight excluding hydrogens is 280 g/mol. The summed E-state index contributed by atoms with van der Waals surface area (Å²) in [7, 11) is 0. The Morgan fingerprint density at radius 3 is 2.89 bits per heavy atom. The van der Waals surface area contributed by atoms with Crippen LogP contribution in [0.25, 0.3) is 6.08 Å². The van der Waals surface area contributed by atoms with E-state index >= 15 is 0 Å². The third-order valence-corrected chi connectivity index (χ3v) is 2.91. The second-order valence-electron chi connectivity index (χ2n) is 3.79. The third kappa shape index (κ3) is 3.62. The highest BCUT2D eigenvalue weighted by Gasteiger charge is 2.01. The number of nitrogens with one attached hydrogen (secondary N) is 1. The average molecular weight is 293 g/mol. The molecule has 19 heavy (non-hydrogen) atoms. The van der Waals surface area contributed by atoms with Crippen molar-refractivity contribution in [3.8, 4) is 0 Å². The maximum absolute atomic E-state index is 6.11. The lowest BCUT2D eigenvalue weighted by Gasteiger charge is -1.96. The number of aryl methyl sites for hydroxylation is 1. The van der Waals surface area contributed by atoms with Crippen molar-refractivity contribution in [3.05, 3.63) is 51.5 Å². The molecule has 0 saturated carbocycles. The van der Waals surface area contributed by atoms with Gasteiger partial charge in [-0.25, -0.2) is 0 Å². The van der Waals surface area contributed by atoms with Crippen LogP contribution in [0.15, 0.2) is 40.5 Å². The zero-order valence-corrected chi connectivity index (χ0v) is 11.9. The summed E-state index contributed by atoms with van der Waals surface area (Å²) in [5.41, 5.74) is 1.02. The van der Waals surface area contributed by atoms with Crippen LogP contribution in [-0.4, -0.2) is 21.1 Å². The number of aromatic amines is 1. The Morgan fingerprint density at radius 1 is 1.47 bits per heavy atom. The number of allylic oxidation sites excluding steroid dienone is 1. The molecule has 1 heterocycles. The second kappa shape index (κ2) is 6.45. The van der Waals surface area contributed by atoms with Crippen LogP contribution >= 0.6 is 23.8 Å². The number of hydrogen-bond donors (Lipinski definition) is 1. The minimum Gasteiger partial charge on any atom is -0.250 e. The maximum atomic E-state index is 6.11. The maximum Gasteiger partial charge on any atom is 0.216 e. The highest BCUT2D eigenvalue weighted by atomic mass is 35.5. The number of rotatable bonds is 4. The zero-order valence-electron chi connectivity index (χ0n) is 10.4. The first-order valence-corrected chi connectivity index (χ1v) is 6.62. The molecule has 0 aliphatic rings. The van der Waals surface area contributed by atoms with Gasteiger partial charge in [-0.15, -0.1) is 0 Å². The Hall–Kier alpha value is -1.72. The van der Waals surface area contributed by atoms with Crippen molar-refractivity contribution in [1.29, 1.82) is 0 Å². The van der Waals surface area contributed by atoms with Gasteiger partial charge in [0.05, 0.1) is 11.2 Å². The minimum absolute atomic E-state index is 0.456. The van der Waals surface area contributed by atoms with Crippen LogP contribution in [0.5, 0.6) is 0 Å². The second-order valence-corrected chi connectivity index (χ2v) is 4.62. The summed E-state index contributed by atoms with van der Waals surface area (Å²) in [5, 5.41) is 11.5. The van der Waals surface area contributed by atoms with E-state index in [0.717, 1.165) is 17.8 Å². The van der Waals surface area contributed by atoms with Gasteiger partial charge in [0, 0.05) is 6.42 Å². The van der Waals surface area contributed by atoms with E-state index in [1.807, 2.05) is 43.3 Å². The molecular formula is C13H13ClN4S. The number of hydrogen-bond acceptors (Lipinski definition) is 3. The molecule has 0 amide bonds. The van der Waals surface area contributed by atoms with Gasteiger partial charge >= 0.3 is 0 Å². The van der Waals surface area contributed by atoms with Crippen molar-refractivity contribution in [1.82, 2.24) is 14.9 Å². The topological polar surface area (TPSA) is 46.0 Å². The summed E-state index contributed by atoms with van der Waals surface area (Å²) in [6.07, 6.45) is 4.13. The van der Waals surface area contributed by atoms with Crippen LogP contribution in [0, 0.1) is 4.77 Å². The first-order valence-electron chi connectivity index (χ1n) is 5.83. The van der Waals surface area contributed by atoms with Gasteiger partial charge in [-0.2, -0.15) is 14.9 Å². The Bertz CT molecular complexity index is 655. The molecule has 1 aromatic heterocycles. The van der Waals surface area contributed by atoms with Crippen molar-refractivity contribution in [3.63, 3.8) is 0 Å². The van der Waals surface area contributed by atoms with E-state index < -0.39 is 0 Å². The Labute approximate surface area is 121 Å². The Balaban J connectivity index is 2.21. The lowest BCUT2D eigenvalue weighted by atomic mass is 10.2. The lowest BCUT2D eigenvalue weighted by molar-refractivity contribution is 0.780. The number of aromatic nitrogens is 3. The fourth-order valence-electron chi connectivity index (χ4n) is 1.53. The number of halogens is 1. The molecule has 2 aromatic rings. The highest BCUT2D eigenvalue weighted by Crippen LogP contribution is 2.08. The Kier molecular flexibility index (Phi) is 4.65. The molecule has 0 radical (unpaired) electrons. The van der Waals surface area contributed by atoms with Crippen molar-refractivity contribution >= 4 is 36.1 Å². The van der Waals surface area contributed by atoms with Crippen molar-refractivity contribution in [2.45, 2.75) is 13.3 Å². The van der Waals surface area contributed by atoms with Gasteiger partial charge in [0.2, 0.25) is 4.77 Å². The van der Waals surface area contributed by atoms with Gasteiger partial charge in [-0.05, 0) is 23.9 Å². The molecule has 2 rings (SSSR count). The Morgan fingerprint density at radius 2 is 2.21 bits per heavy atom. The molecule has 0 bridgehead atoms. The molecule has 0 aliphatic heterocycles. The predicted octanol–water partition coefficient (Wildman–Crippen LogP) is 3.62. The molecule has 0 unspecified atom stereocenters. The van der Waals surface area contributed by atoms with Crippen LogP contribution in [-0.2, 0) is 6.42 Å². The SMILES string of the molecule is CCc1n[nH]c(=S)n1N=C/C(Cl)=C/c1ccccc1. The molecule has 98 valence electrons. The van der Waals surface area contributed by atoms with E-state index in [-0.39, 0.29) is 0 Å². The van der Waals surface area contributed by atoms with Gasteiger partial charge in [-0.3, -0.25) is 5.10 Å². The summed E-state index contributed by atoms with van der Waals surface area (Å²) in [5.74, 6) is 0.769. The van der Waals surface area contributed by atoms with Crippen molar-refractivity contribution < 1.29 is 0 Å². The zero-order chi connectivity index (χ0) is 13.7. The fraction of sp³-hybridized carbons (Fsp3) is 0.154. The normalized spacial score (nSPS) is 12.2. The smallest absolute Gasteiger partial charge is 0.216 e. The predicted molar refractivity (Wildman–Crippen MR) is 81.0 cm³/mol. The van der Waals surface area contributed by atoms with Crippen LogP contribution in [0.2, 0.25) is 0 Å². The standard InChI is InChI=1S/C13H13ClN4S/c1-2-12-16-17-13(19)18(12)15-9-11(14)8-10-6-4-3-5-7-10/h3-9H,2H2,1H3,(H,17,19)/b11-8-,15-9?.